The first kappa shape index (κ1) is 15.5. The van der Waals surface area contributed by atoms with Gasteiger partial charge in [-0.05, 0) is 36.8 Å². The zero-order chi connectivity index (χ0) is 15.6. The van der Waals surface area contributed by atoms with Gasteiger partial charge < -0.3 is 0 Å². The van der Waals surface area contributed by atoms with Crippen LogP contribution in [-0.4, -0.2) is 8.42 Å². The van der Waals surface area contributed by atoms with E-state index in [4.69, 9.17) is 11.6 Å². The van der Waals surface area contributed by atoms with Crippen LogP contribution >= 0.6 is 11.6 Å². The second-order valence-electron chi connectivity index (χ2n) is 4.54. The molecule has 1 atom stereocenters. The van der Waals surface area contributed by atoms with Crippen molar-refractivity contribution in [1.82, 2.24) is 0 Å². The quantitative estimate of drug-likeness (QED) is 0.862. The van der Waals surface area contributed by atoms with Crippen LogP contribution in [0.5, 0.6) is 0 Å². The summed E-state index contributed by atoms with van der Waals surface area (Å²) in [6.45, 7) is 1.83. The van der Waals surface area contributed by atoms with Gasteiger partial charge in [-0.15, -0.1) is 0 Å². The number of hydrogen-bond donors (Lipinski definition) is 0. The van der Waals surface area contributed by atoms with Gasteiger partial charge in [0.05, 0.1) is 16.0 Å². The highest BCUT2D eigenvalue weighted by molar-refractivity contribution is 7.92. The molecule has 3 nitrogen and oxygen atoms in total. The number of benzene rings is 2. The molecule has 0 amide bonds. The van der Waals surface area contributed by atoms with Gasteiger partial charge in [-0.2, -0.15) is 5.26 Å². The zero-order valence-corrected chi connectivity index (χ0v) is 12.6. The second kappa shape index (κ2) is 5.84. The molecule has 0 aliphatic rings. The Balaban J connectivity index is 2.52. The number of rotatable bonds is 3. The smallest absolute Gasteiger partial charge is 0.198 e. The maximum absolute atomic E-state index is 13.2. The Bertz CT molecular complexity index is 811. The Hall–Kier alpha value is -1.90. The van der Waals surface area contributed by atoms with E-state index in [9.17, 15) is 18.1 Å². The van der Waals surface area contributed by atoms with Crippen LogP contribution < -0.4 is 0 Å². The minimum atomic E-state index is -3.89. The van der Waals surface area contributed by atoms with Crippen molar-refractivity contribution in [2.45, 2.75) is 17.1 Å². The predicted molar refractivity (Wildman–Crippen MR) is 78.1 cm³/mol. The van der Waals surface area contributed by atoms with Crippen molar-refractivity contribution in [3.8, 4) is 6.07 Å². The fourth-order valence-electron chi connectivity index (χ4n) is 1.86. The van der Waals surface area contributed by atoms with Crippen LogP contribution in [-0.2, 0) is 9.84 Å². The van der Waals surface area contributed by atoms with Crippen LogP contribution in [0.25, 0.3) is 0 Å². The summed E-state index contributed by atoms with van der Waals surface area (Å²) in [7, 11) is -3.89. The van der Waals surface area contributed by atoms with E-state index >= 15 is 0 Å². The molecule has 0 spiro atoms. The molecule has 0 aromatic heterocycles. The topological polar surface area (TPSA) is 57.9 Å². The maximum Gasteiger partial charge on any atom is 0.198 e. The highest BCUT2D eigenvalue weighted by Crippen LogP contribution is 2.30. The van der Waals surface area contributed by atoms with Gasteiger partial charge in [0.1, 0.15) is 5.82 Å². The molecule has 0 saturated carbocycles. The van der Waals surface area contributed by atoms with Gasteiger partial charge in [-0.1, -0.05) is 35.4 Å². The number of halogens is 2. The molecule has 2 aromatic carbocycles. The fourth-order valence-corrected chi connectivity index (χ4v) is 3.48. The molecule has 0 aliphatic carbocycles. The molecule has 1 unspecified atom stereocenters. The van der Waals surface area contributed by atoms with Gasteiger partial charge in [0.15, 0.2) is 15.1 Å². The monoisotopic (exact) mass is 323 g/mol. The van der Waals surface area contributed by atoms with Crippen LogP contribution in [0.4, 0.5) is 4.39 Å². The van der Waals surface area contributed by atoms with Crippen molar-refractivity contribution in [3.05, 3.63) is 64.4 Å². The maximum atomic E-state index is 13.2. The molecule has 0 bridgehead atoms. The Morgan fingerprint density at radius 2 is 1.81 bits per heavy atom. The summed E-state index contributed by atoms with van der Waals surface area (Å²) < 4.78 is 38.2. The van der Waals surface area contributed by atoms with Crippen LogP contribution in [0.15, 0.2) is 47.4 Å². The van der Waals surface area contributed by atoms with E-state index in [1.165, 1.54) is 18.2 Å². The molecular formula is C15H11ClFNO2S. The summed E-state index contributed by atoms with van der Waals surface area (Å²) in [6.07, 6.45) is 0. The van der Waals surface area contributed by atoms with Crippen molar-refractivity contribution >= 4 is 21.4 Å². The van der Waals surface area contributed by atoms with E-state index in [1.54, 1.807) is 18.2 Å². The van der Waals surface area contributed by atoms with Crippen LogP contribution in [0.3, 0.4) is 0 Å². The van der Waals surface area contributed by atoms with Crippen molar-refractivity contribution in [2.75, 3.05) is 0 Å². The molecular weight excluding hydrogens is 313 g/mol. The molecule has 0 radical (unpaired) electrons. The molecule has 0 aliphatic heterocycles. The number of sulfone groups is 1. The zero-order valence-electron chi connectivity index (χ0n) is 11.0. The fraction of sp³-hybridized carbons (Fsp3) is 0.133. The SMILES string of the molecule is Cc1ccc(S(=O)(=O)C(C#N)c2ccc(F)c(Cl)c2)cc1. The van der Waals surface area contributed by atoms with Gasteiger partial charge in [0.25, 0.3) is 0 Å². The third kappa shape index (κ3) is 3.07. The molecule has 0 fully saturated rings. The van der Waals surface area contributed by atoms with Crippen molar-refractivity contribution in [2.24, 2.45) is 0 Å². The number of hydrogen-bond acceptors (Lipinski definition) is 3. The van der Waals surface area contributed by atoms with Gasteiger partial charge >= 0.3 is 0 Å². The highest BCUT2D eigenvalue weighted by atomic mass is 35.5. The molecule has 2 aromatic rings. The van der Waals surface area contributed by atoms with Crippen LogP contribution in [0.2, 0.25) is 5.02 Å². The normalized spacial score (nSPS) is 12.7. The number of aryl methyl sites for hydroxylation is 1. The summed E-state index contributed by atoms with van der Waals surface area (Å²) in [6, 6.07) is 11.4. The van der Waals surface area contributed by atoms with Crippen molar-refractivity contribution < 1.29 is 12.8 Å². The van der Waals surface area contributed by atoms with E-state index < -0.39 is 20.9 Å². The highest BCUT2D eigenvalue weighted by Gasteiger charge is 2.29. The second-order valence-corrected chi connectivity index (χ2v) is 6.98. The minimum Gasteiger partial charge on any atom is -0.222 e. The lowest BCUT2D eigenvalue weighted by Crippen LogP contribution is -2.12. The minimum absolute atomic E-state index is 0.0418. The summed E-state index contributed by atoms with van der Waals surface area (Å²) in [5.41, 5.74) is 1.05. The largest absolute Gasteiger partial charge is 0.222 e. The molecule has 2 rings (SSSR count). The Morgan fingerprint density at radius 3 is 2.33 bits per heavy atom. The van der Waals surface area contributed by atoms with Crippen molar-refractivity contribution in [1.29, 1.82) is 5.26 Å². The first-order valence-corrected chi connectivity index (χ1v) is 7.94. The van der Waals surface area contributed by atoms with Gasteiger partial charge in [-0.25, -0.2) is 12.8 Å². The standard InChI is InChI=1S/C15H11ClFNO2S/c1-10-2-5-12(6-3-10)21(19,20)15(9-18)11-4-7-14(17)13(16)8-11/h2-8,15H,1H3. The predicted octanol–water partition coefficient (Wildman–Crippen LogP) is 3.83. The molecule has 6 heteroatoms. The van der Waals surface area contributed by atoms with E-state index in [1.807, 2.05) is 6.92 Å². The lowest BCUT2D eigenvalue weighted by Gasteiger charge is -2.12. The summed E-state index contributed by atoms with van der Waals surface area (Å²) in [5, 5.41) is 7.58. The Morgan fingerprint density at radius 1 is 1.19 bits per heavy atom. The summed E-state index contributed by atoms with van der Waals surface area (Å²) in [4.78, 5) is 0.0418. The molecule has 0 N–H and O–H groups in total. The average molecular weight is 324 g/mol. The first-order valence-electron chi connectivity index (χ1n) is 6.01. The Kier molecular flexibility index (Phi) is 4.31. The Labute approximate surface area is 127 Å². The van der Waals surface area contributed by atoms with E-state index in [0.717, 1.165) is 17.7 Å². The van der Waals surface area contributed by atoms with E-state index in [-0.39, 0.29) is 15.5 Å². The molecule has 21 heavy (non-hydrogen) atoms. The lowest BCUT2D eigenvalue weighted by atomic mass is 10.1. The van der Waals surface area contributed by atoms with E-state index in [0.29, 0.717) is 0 Å². The average Bonchev–Trinajstić information content (AvgIpc) is 2.44. The third-order valence-electron chi connectivity index (χ3n) is 3.02. The van der Waals surface area contributed by atoms with Gasteiger partial charge in [0.2, 0.25) is 0 Å². The van der Waals surface area contributed by atoms with Gasteiger partial charge in [0, 0.05) is 0 Å². The molecule has 0 saturated heterocycles. The summed E-state index contributed by atoms with van der Waals surface area (Å²) in [5.74, 6) is -0.662. The lowest BCUT2D eigenvalue weighted by molar-refractivity contribution is 0.590. The van der Waals surface area contributed by atoms with Gasteiger partial charge in [-0.3, -0.25) is 0 Å². The summed E-state index contributed by atoms with van der Waals surface area (Å²) >= 11 is 5.65. The number of nitrogens with zero attached hydrogens (tertiary/aromatic N) is 1. The number of nitriles is 1. The third-order valence-corrected chi connectivity index (χ3v) is 5.24. The molecule has 108 valence electrons. The van der Waals surface area contributed by atoms with Crippen molar-refractivity contribution in [3.63, 3.8) is 0 Å². The molecule has 0 heterocycles. The van der Waals surface area contributed by atoms with E-state index in [2.05, 4.69) is 0 Å². The first-order chi connectivity index (χ1) is 9.86. The van der Waals surface area contributed by atoms with Crippen LogP contribution in [0.1, 0.15) is 16.4 Å². The van der Waals surface area contributed by atoms with Crippen LogP contribution in [0, 0.1) is 24.1 Å².